The molecule has 0 unspecified atom stereocenters. The van der Waals surface area contributed by atoms with Gasteiger partial charge in [-0.15, -0.1) is 0 Å². The zero-order chi connectivity index (χ0) is 19.8. The number of rotatable bonds is 2. The summed E-state index contributed by atoms with van der Waals surface area (Å²) in [5.41, 5.74) is 5.37. The lowest BCUT2D eigenvalue weighted by atomic mass is 10.0. The zero-order valence-electron chi connectivity index (χ0n) is 14.9. The molecule has 2 aromatic rings. The van der Waals surface area contributed by atoms with Crippen molar-refractivity contribution in [2.24, 2.45) is 5.73 Å². The molecule has 27 heavy (non-hydrogen) atoms. The van der Waals surface area contributed by atoms with E-state index in [1.807, 2.05) is 0 Å². The Morgan fingerprint density at radius 3 is 2.74 bits per heavy atom. The van der Waals surface area contributed by atoms with Crippen LogP contribution in [0.5, 0.6) is 0 Å². The molecule has 7 heteroatoms. The number of halogens is 1. The number of likely N-dealkylation sites (N-methyl/N-ethyl adjacent to an activating group) is 1. The number of benzene rings is 1. The van der Waals surface area contributed by atoms with E-state index in [9.17, 15) is 19.1 Å². The Bertz CT molecular complexity index is 1010. The number of aryl methyl sites for hydroxylation is 1. The molecule has 1 atom stereocenters. The molecule has 2 heterocycles. The van der Waals surface area contributed by atoms with Gasteiger partial charge in [0.25, 0.3) is 11.8 Å². The maximum absolute atomic E-state index is 14.2. The molecule has 6 nitrogen and oxygen atoms in total. The van der Waals surface area contributed by atoms with Crippen molar-refractivity contribution in [2.75, 3.05) is 13.6 Å². The molecule has 1 saturated heterocycles. The van der Waals surface area contributed by atoms with Crippen LogP contribution >= 0.6 is 0 Å². The fourth-order valence-electron chi connectivity index (χ4n) is 2.86. The molecule has 1 aromatic carbocycles. The second-order valence-corrected chi connectivity index (χ2v) is 6.56. The fraction of sp³-hybridized carbons (Fsp3) is 0.250. The minimum absolute atomic E-state index is 0.0206. The summed E-state index contributed by atoms with van der Waals surface area (Å²) in [5, 5.41) is 10.4. The van der Waals surface area contributed by atoms with E-state index < -0.39 is 23.2 Å². The Kier molecular flexibility index (Phi) is 4.68. The second-order valence-electron chi connectivity index (χ2n) is 6.56. The van der Waals surface area contributed by atoms with Crippen molar-refractivity contribution in [3.05, 3.63) is 53.0 Å². The van der Waals surface area contributed by atoms with Crippen LogP contribution in [-0.4, -0.2) is 46.0 Å². The van der Waals surface area contributed by atoms with Gasteiger partial charge in [0, 0.05) is 25.6 Å². The Balaban J connectivity index is 2.01. The standard InChI is InChI=1S/C20H18FN3O3/c1-12-9-16(23-17(10-12)18(22)25)14-3-4-15(21)13(11-14)5-6-20(27)7-8-24(2)19(20)26/h3-4,9-11,27H,7-8H2,1-2H3,(H2,22,25)/t20-/m0/s1. The molecule has 2 amide bonds. The molecule has 0 spiro atoms. The van der Waals surface area contributed by atoms with Crippen LogP contribution in [0, 0.1) is 24.6 Å². The molecule has 1 aliphatic heterocycles. The molecular weight excluding hydrogens is 349 g/mol. The maximum Gasteiger partial charge on any atom is 0.267 e. The molecule has 0 saturated carbocycles. The van der Waals surface area contributed by atoms with Crippen LogP contribution in [-0.2, 0) is 4.79 Å². The largest absolute Gasteiger partial charge is 0.369 e. The topological polar surface area (TPSA) is 96.5 Å². The third-order valence-electron chi connectivity index (χ3n) is 4.40. The summed E-state index contributed by atoms with van der Waals surface area (Å²) in [6.45, 7) is 2.18. The number of hydrogen-bond donors (Lipinski definition) is 2. The van der Waals surface area contributed by atoms with E-state index in [4.69, 9.17) is 5.73 Å². The van der Waals surface area contributed by atoms with Gasteiger partial charge in [-0.05, 0) is 42.8 Å². The average Bonchev–Trinajstić information content (AvgIpc) is 2.88. The van der Waals surface area contributed by atoms with Gasteiger partial charge in [-0.3, -0.25) is 9.59 Å². The molecule has 0 bridgehead atoms. The molecule has 138 valence electrons. The summed E-state index contributed by atoms with van der Waals surface area (Å²) < 4.78 is 14.2. The molecule has 1 aliphatic rings. The first-order valence-corrected chi connectivity index (χ1v) is 8.29. The highest BCUT2D eigenvalue weighted by Crippen LogP contribution is 2.24. The lowest BCUT2D eigenvalue weighted by molar-refractivity contribution is -0.137. The second kappa shape index (κ2) is 6.82. The summed E-state index contributed by atoms with van der Waals surface area (Å²) in [6.07, 6.45) is 0.165. The molecule has 0 aliphatic carbocycles. The normalized spacial score (nSPS) is 19.0. The van der Waals surface area contributed by atoms with Crippen molar-refractivity contribution >= 4 is 11.8 Å². The Morgan fingerprint density at radius 2 is 2.11 bits per heavy atom. The minimum Gasteiger partial charge on any atom is -0.369 e. The van der Waals surface area contributed by atoms with E-state index >= 15 is 0 Å². The predicted octanol–water partition coefficient (Wildman–Crippen LogP) is 1.24. The highest BCUT2D eigenvalue weighted by Gasteiger charge is 2.42. The van der Waals surface area contributed by atoms with Crippen molar-refractivity contribution in [1.29, 1.82) is 0 Å². The number of amides is 2. The highest BCUT2D eigenvalue weighted by atomic mass is 19.1. The van der Waals surface area contributed by atoms with Gasteiger partial charge in [0.1, 0.15) is 11.5 Å². The first-order valence-electron chi connectivity index (χ1n) is 8.29. The minimum atomic E-state index is -1.81. The third-order valence-corrected chi connectivity index (χ3v) is 4.40. The van der Waals surface area contributed by atoms with Crippen LogP contribution in [0.4, 0.5) is 4.39 Å². The van der Waals surface area contributed by atoms with E-state index in [0.29, 0.717) is 17.8 Å². The van der Waals surface area contributed by atoms with Gasteiger partial charge in [0.05, 0.1) is 11.3 Å². The Hall–Kier alpha value is -3.24. The third kappa shape index (κ3) is 3.66. The smallest absolute Gasteiger partial charge is 0.267 e. The first-order chi connectivity index (χ1) is 12.7. The van der Waals surface area contributed by atoms with Crippen LogP contribution in [0.3, 0.4) is 0 Å². The van der Waals surface area contributed by atoms with E-state index in [1.54, 1.807) is 26.1 Å². The first kappa shape index (κ1) is 18.5. The molecule has 1 fully saturated rings. The molecule has 3 N–H and O–H groups in total. The average molecular weight is 367 g/mol. The Labute approximate surface area is 155 Å². The van der Waals surface area contributed by atoms with E-state index in [2.05, 4.69) is 16.8 Å². The molecule has 0 radical (unpaired) electrons. The molecule has 3 rings (SSSR count). The maximum atomic E-state index is 14.2. The number of hydrogen-bond acceptors (Lipinski definition) is 4. The van der Waals surface area contributed by atoms with Gasteiger partial charge in [-0.25, -0.2) is 9.37 Å². The number of carbonyl (C=O) groups is 2. The van der Waals surface area contributed by atoms with Gasteiger partial charge >= 0.3 is 0 Å². The predicted molar refractivity (Wildman–Crippen MR) is 97.0 cm³/mol. The fourth-order valence-corrected chi connectivity index (χ4v) is 2.86. The van der Waals surface area contributed by atoms with Gasteiger partial charge in [-0.1, -0.05) is 11.8 Å². The van der Waals surface area contributed by atoms with Crippen molar-refractivity contribution in [3.63, 3.8) is 0 Å². The number of primary amides is 1. The van der Waals surface area contributed by atoms with Crippen molar-refractivity contribution < 1.29 is 19.1 Å². The van der Waals surface area contributed by atoms with E-state index in [0.717, 1.165) is 5.56 Å². The highest BCUT2D eigenvalue weighted by molar-refractivity contribution is 5.92. The number of carbonyl (C=O) groups excluding carboxylic acids is 2. The van der Waals surface area contributed by atoms with Crippen molar-refractivity contribution in [2.45, 2.75) is 18.9 Å². The summed E-state index contributed by atoms with van der Waals surface area (Å²) in [4.78, 5) is 29.0. The number of nitrogens with zero attached hydrogens (tertiary/aromatic N) is 2. The van der Waals surface area contributed by atoms with Crippen molar-refractivity contribution in [3.8, 4) is 23.1 Å². The van der Waals surface area contributed by atoms with Gasteiger partial charge in [-0.2, -0.15) is 0 Å². The zero-order valence-corrected chi connectivity index (χ0v) is 14.9. The van der Waals surface area contributed by atoms with E-state index in [-0.39, 0.29) is 17.7 Å². The van der Waals surface area contributed by atoms with E-state index in [1.165, 1.54) is 23.1 Å². The van der Waals surface area contributed by atoms with Crippen LogP contribution < -0.4 is 5.73 Å². The summed E-state index contributed by atoms with van der Waals surface area (Å²) in [7, 11) is 1.57. The van der Waals surface area contributed by atoms with Gasteiger partial charge < -0.3 is 15.7 Å². The van der Waals surface area contributed by atoms with Crippen LogP contribution in [0.1, 0.15) is 28.0 Å². The Morgan fingerprint density at radius 1 is 1.37 bits per heavy atom. The summed E-state index contributed by atoms with van der Waals surface area (Å²) in [5.74, 6) is 3.31. The monoisotopic (exact) mass is 367 g/mol. The van der Waals surface area contributed by atoms with Crippen LogP contribution in [0.15, 0.2) is 30.3 Å². The van der Waals surface area contributed by atoms with Gasteiger partial charge in [0.15, 0.2) is 0 Å². The lowest BCUT2D eigenvalue weighted by Crippen LogP contribution is -2.37. The quantitative estimate of drug-likeness (QED) is 0.781. The molecule has 1 aromatic heterocycles. The van der Waals surface area contributed by atoms with Gasteiger partial charge in [0.2, 0.25) is 5.60 Å². The lowest BCUT2D eigenvalue weighted by Gasteiger charge is -2.13. The van der Waals surface area contributed by atoms with Crippen molar-refractivity contribution in [1.82, 2.24) is 9.88 Å². The molecular formula is C20H18FN3O3. The number of likely N-dealkylation sites (tertiary alicyclic amines) is 1. The summed E-state index contributed by atoms with van der Waals surface area (Å²) >= 11 is 0. The number of aliphatic hydroxyl groups is 1. The number of aromatic nitrogens is 1. The van der Waals surface area contributed by atoms with Crippen LogP contribution in [0.2, 0.25) is 0 Å². The SMILES string of the molecule is Cc1cc(C(N)=O)nc(-c2ccc(F)c(C#C[C@]3(O)CCN(C)C3=O)c2)c1. The summed E-state index contributed by atoms with van der Waals surface area (Å²) in [6, 6.07) is 7.49. The van der Waals surface area contributed by atoms with Crippen LogP contribution in [0.25, 0.3) is 11.3 Å². The number of pyridine rings is 1. The number of nitrogens with two attached hydrogens (primary N) is 1.